The summed E-state index contributed by atoms with van der Waals surface area (Å²) in [6.45, 7) is 2.99. The molecule has 0 aliphatic heterocycles. The van der Waals surface area contributed by atoms with Crippen LogP contribution >= 0.6 is 11.9 Å². The molecule has 0 unspecified atom stereocenters. The maximum absolute atomic E-state index is 10.5. The van der Waals surface area contributed by atoms with Gasteiger partial charge in [-0.1, -0.05) is 11.2 Å². The number of nitrogens with zero attached hydrogens (tertiary/aromatic N) is 3. The van der Waals surface area contributed by atoms with Gasteiger partial charge in [0.2, 0.25) is 6.41 Å². The highest BCUT2D eigenvalue weighted by atomic mass is 32.2. The number of nitrogens with one attached hydrogen (secondary N) is 2. The van der Waals surface area contributed by atoms with E-state index in [9.17, 15) is 4.79 Å². The summed E-state index contributed by atoms with van der Waals surface area (Å²) in [6, 6.07) is 9.83. The predicted octanol–water partition coefficient (Wildman–Crippen LogP) is 3.76. The van der Waals surface area contributed by atoms with E-state index in [0.717, 1.165) is 32.7 Å². The number of amides is 1. The van der Waals surface area contributed by atoms with E-state index >= 15 is 0 Å². The van der Waals surface area contributed by atoms with Crippen molar-refractivity contribution in [3.63, 3.8) is 0 Å². The molecule has 0 aliphatic carbocycles. The van der Waals surface area contributed by atoms with Gasteiger partial charge in [-0.25, -0.2) is 0 Å². The van der Waals surface area contributed by atoms with Crippen molar-refractivity contribution in [3.05, 3.63) is 59.4 Å². The van der Waals surface area contributed by atoms with Crippen molar-refractivity contribution in [2.75, 3.05) is 18.9 Å². The van der Waals surface area contributed by atoms with Gasteiger partial charge in [-0.15, -0.1) is 0 Å². The molecule has 0 fully saturated rings. The molecule has 9 nitrogen and oxygen atoms in total. The van der Waals surface area contributed by atoms with Gasteiger partial charge >= 0.3 is 0 Å². The average Bonchev–Trinajstić information content (AvgIpc) is 3.42. The Morgan fingerprint density at radius 1 is 1.16 bits per heavy atom. The lowest BCUT2D eigenvalue weighted by Gasteiger charge is -2.10. The molecule has 0 bridgehead atoms. The number of methoxy groups -OCH3 is 2. The smallest absolute Gasteiger partial charge is 0.207 e. The van der Waals surface area contributed by atoms with Crippen molar-refractivity contribution >= 4 is 35.1 Å². The number of aryl methyl sites for hydroxylation is 1. The van der Waals surface area contributed by atoms with Crippen LogP contribution in [0.25, 0.3) is 11.0 Å². The van der Waals surface area contributed by atoms with Crippen molar-refractivity contribution in [1.82, 2.24) is 20.3 Å². The first kappa shape index (κ1) is 21.6. The molecule has 2 heterocycles. The largest absolute Gasteiger partial charge is 0.496 e. The molecule has 0 saturated heterocycles. The molecular formula is C22H23N5O4S. The topological polar surface area (TPSA) is 103 Å². The van der Waals surface area contributed by atoms with Crippen LogP contribution in [0.4, 0.5) is 5.82 Å². The van der Waals surface area contributed by atoms with E-state index in [1.165, 1.54) is 11.9 Å². The van der Waals surface area contributed by atoms with Gasteiger partial charge in [0.1, 0.15) is 16.9 Å². The monoisotopic (exact) mass is 453 g/mol. The van der Waals surface area contributed by atoms with Crippen molar-refractivity contribution in [3.8, 4) is 11.5 Å². The van der Waals surface area contributed by atoms with Gasteiger partial charge in [0.25, 0.3) is 0 Å². The molecule has 10 heteroatoms. The summed E-state index contributed by atoms with van der Waals surface area (Å²) < 4.78 is 21.7. The maximum atomic E-state index is 10.5. The first-order chi connectivity index (χ1) is 15.6. The third-order valence-electron chi connectivity index (χ3n) is 4.82. The van der Waals surface area contributed by atoms with Crippen molar-refractivity contribution in [2.24, 2.45) is 0 Å². The Morgan fingerprint density at radius 2 is 2.00 bits per heavy atom. The van der Waals surface area contributed by atoms with Gasteiger partial charge in [0.05, 0.1) is 31.9 Å². The van der Waals surface area contributed by atoms with E-state index < -0.39 is 0 Å². The first-order valence-electron chi connectivity index (χ1n) is 9.83. The fraction of sp³-hybridized carbons (Fsp3) is 0.227. The Labute approximate surface area is 189 Å². The van der Waals surface area contributed by atoms with Crippen molar-refractivity contribution in [1.29, 1.82) is 0 Å². The molecule has 0 radical (unpaired) electrons. The Hall–Kier alpha value is -3.66. The molecule has 166 valence electrons. The molecule has 2 aromatic carbocycles. The van der Waals surface area contributed by atoms with E-state index in [1.807, 2.05) is 43.5 Å². The minimum atomic E-state index is 0.437. The fourth-order valence-electron chi connectivity index (χ4n) is 3.31. The second-order valence-corrected chi connectivity index (χ2v) is 7.95. The standard InChI is InChI=1S/C22H23N5O4S/c1-14-4-5-17(29-2)20(6-14)32-26-22-21-18(30-3)7-15(8-19(21)31-25-22)11-27-12-16(10-24-27)9-23-13-28/h4-8,10,12-13H,9,11H2,1-3H3,(H,23,28)(H,25,26). The van der Waals surface area contributed by atoms with E-state index in [-0.39, 0.29) is 0 Å². The summed E-state index contributed by atoms with van der Waals surface area (Å²) in [5.74, 6) is 1.99. The molecule has 1 amide bonds. The number of rotatable bonds is 10. The molecule has 0 saturated carbocycles. The summed E-state index contributed by atoms with van der Waals surface area (Å²) in [6.07, 6.45) is 4.27. The molecule has 2 aromatic heterocycles. The quantitative estimate of drug-likeness (QED) is 0.276. The third kappa shape index (κ3) is 4.65. The van der Waals surface area contributed by atoms with Crippen LogP contribution in [0.3, 0.4) is 0 Å². The summed E-state index contributed by atoms with van der Waals surface area (Å²) in [5.41, 5.74) is 3.60. The Morgan fingerprint density at radius 3 is 2.78 bits per heavy atom. The fourth-order valence-corrected chi connectivity index (χ4v) is 4.15. The van der Waals surface area contributed by atoms with Crippen LogP contribution in [0.2, 0.25) is 0 Å². The number of carbonyl (C=O) groups is 1. The number of carbonyl (C=O) groups excluding carboxylic acids is 1. The number of hydrogen-bond donors (Lipinski definition) is 2. The molecule has 2 N–H and O–H groups in total. The van der Waals surface area contributed by atoms with Gasteiger partial charge in [0.15, 0.2) is 11.4 Å². The molecule has 4 aromatic rings. The number of benzene rings is 2. The lowest BCUT2D eigenvalue weighted by Crippen LogP contribution is -2.09. The highest BCUT2D eigenvalue weighted by Crippen LogP contribution is 2.37. The van der Waals surface area contributed by atoms with Crippen LogP contribution < -0.4 is 19.5 Å². The van der Waals surface area contributed by atoms with Gasteiger partial charge in [0, 0.05) is 18.3 Å². The minimum absolute atomic E-state index is 0.437. The second-order valence-electron chi connectivity index (χ2n) is 7.11. The van der Waals surface area contributed by atoms with Crippen molar-refractivity contribution < 1.29 is 18.8 Å². The van der Waals surface area contributed by atoms with Crippen LogP contribution in [-0.4, -0.2) is 35.6 Å². The average molecular weight is 454 g/mol. The summed E-state index contributed by atoms with van der Waals surface area (Å²) in [4.78, 5) is 11.4. The molecule has 0 aliphatic rings. The zero-order valence-electron chi connectivity index (χ0n) is 17.9. The van der Waals surface area contributed by atoms with Gasteiger partial charge in [-0.05, 0) is 54.3 Å². The molecule has 4 rings (SSSR count). The van der Waals surface area contributed by atoms with Gasteiger partial charge < -0.3 is 24.0 Å². The first-order valence-corrected chi connectivity index (χ1v) is 10.6. The molecule has 32 heavy (non-hydrogen) atoms. The number of anilines is 1. The van der Waals surface area contributed by atoms with Gasteiger partial charge in [-0.3, -0.25) is 9.48 Å². The van der Waals surface area contributed by atoms with Crippen LogP contribution in [0.1, 0.15) is 16.7 Å². The Balaban J connectivity index is 1.56. The molecular weight excluding hydrogens is 430 g/mol. The number of hydrogen-bond acceptors (Lipinski definition) is 8. The molecule has 0 spiro atoms. The van der Waals surface area contributed by atoms with Crippen LogP contribution in [0.5, 0.6) is 11.5 Å². The second kappa shape index (κ2) is 9.65. The zero-order chi connectivity index (χ0) is 22.5. The third-order valence-corrected chi connectivity index (χ3v) is 5.65. The Bertz CT molecular complexity index is 1240. The minimum Gasteiger partial charge on any atom is -0.496 e. The number of ether oxygens (including phenoxy) is 2. The highest BCUT2D eigenvalue weighted by molar-refractivity contribution is 8.00. The van der Waals surface area contributed by atoms with Crippen LogP contribution in [0, 0.1) is 6.92 Å². The summed E-state index contributed by atoms with van der Waals surface area (Å²) >= 11 is 1.40. The van der Waals surface area contributed by atoms with Crippen molar-refractivity contribution in [2.45, 2.75) is 24.9 Å². The van der Waals surface area contributed by atoms with E-state index in [1.54, 1.807) is 25.1 Å². The molecule has 0 atom stereocenters. The van der Waals surface area contributed by atoms with Crippen LogP contribution in [-0.2, 0) is 17.9 Å². The number of aromatic nitrogens is 3. The number of fused-ring (bicyclic) bond motifs is 1. The summed E-state index contributed by atoms with van der Waals surface area (Å²) in [5, 5.41) is 11.9. The Kier molecular flexibility index (Phi) is 6.50. The SMILES string of the molecule is COc1ccc(C)cc1SNc1noc2cc(Cn3cc(CNC=O)cn3)cc(OC)c12. The maximum Gasteiger partial charge on any atom is 0.207 e. The lowest BCUT2D eigenvalue weighted by atomic mass is 10.1. The normalized spacial score (nSPS) is 10.8. The van der Waals surface area contributed by atoms with E-state index in [2.05, 4.69) is 20.3 Å². The zero-order valence-corrected chi connectivity index (χ0v) is 18.7. The van der Waals surface area contributed by atoms with Crippen LogP contribution in [0.15, 0.2) is 52.1 Å². The lowest BCUT2D eigenvalue weighted by molar-refractivity contribution is -0.109. The van der Waals surface area contributed by atoms with E-state index in [4.69, 9.17) is 14.0 Å². The van der Waals surface area contributed by atoms with Gasteiger partial charge in [-0.2, -0.15) is 5.10 Å². The predicted molar refractivity (Wildman–Crippen MR) is 122 cm³/mol. The summed E-state index contributed by atoms with van der Waals surface area (Å²) in [7, 11) is 3.26. The highest BCUT2D eigenvalue weighted by Gasteiger charge is 2.17. The van der Waals surface area contributed by atoms with E-state index in [0.29, 0.717) is 36.7 Å².